The van der Waals surface area contributed by atoms with Gasteiger partial charge in [0, 0.05) is 12.5 Å². The molecular weight excluding hydrogens is 410 g/mol. The largest absolute Gasteiger partial charge is 0.469 e. The normalized spacial score (nSPS) is 25.9. The Kier molecular flexibility index (Phi) is 7.16. The molecule has 3 rings (SSSR count). The number of benzene rings is 1. The van der Waals surface area contributed by atoms with Crippen molar-refractivity contribution in [2.75, 3.05) is 7.11 Å². The average molecular weight is 448 g/mol. The molecule has 0 N–H and O–H groups in total. The maximum absolute atomic E-state index is 13.1. The molecule has 2 saturated heterocycles. The van der Waals surface area contributed by atoms with Gasteiger partial charge in [0.2, 0.25) is 0 Å². The molecule has 2 aliphatic heterocycles. The number of hydrogen-bond acceptors (Lipinski definition) is 5. The van der Waals surface area contributed by atoms with Crippen molar-refractivity contribution in [2.45, 2.75) is 89.4 Å². The van der Waals surface area contributed by atoms with E-state index in [0.29, 0.717) is 6.42 Å². The van der Waals surface area contributed by atoms with Crippen molar-refractivity contribution < 1.29 is 23.5 Å². The first-order valence-electron chi connectivity index (χ1n) is 11.3. The number of hydrogen-bond donors (Lipinski definition) is 0. The summed E-state index contributed by atoms with van der Waals surface area (Å²) in [4.78, 5) is 26.9. The molecule has 7 heteroatoms. The number of rotatable bonds is 6. The standard InChI is InChI=1S/C24H37NO5Si/c1-24(2,3)31(5,6)30-21-15-19-12-18(14-22(26)28-4)13-20(21)25(19)23(27)29-16-17-10-8-7-9-11-17/h7-11,18-21H,12-16H2,1-6H3. The van der Waals surface area contributed by atoms with Crippen LogP contribution in [0.3, 0.4) is 0 Å². The second-order valence-electron chi connectivity index (χ2n) is 10.4. The molecule has 0 radical (unpaired) electrons. The lowest BCUT2D eigenvalue weighted by atomic mass is 9.88. The highest BCUT2D eigenvalue weighted by molar-refractivity contribution is 6.74. The van der Waals surface area contributed by atoms with Crippen LogP contribution in [0.5, 0.6) is 0 Å². The van der Waals surface area contributed by atoms with Crippen molar-refractivity contribution in [2.24, 2.45) is 5.92 Å². The van der Waals surface area contributed by atoms with Gasteiger partial charge in [0.25, 0.3) is 0 Å². The predicted octanol–water partition coefficient (Wildman–Crippen LogP) is 5.13. The molecule has 0 aliphatic carbocycles. The van der Waals surface area contributed by atoms with Crippen LogP contribution in [0.25, 0.3) is 0 Å². The first kappa shape index (κ1) is 23.8. The average Bonchev–Trinajstić information content (AvgIpc) is 2.92. The number of piperidine rings is 1. The summed E-state index contributed by atoms with van der Waals surface area (Å²) in [5.74, 6) is 0.0139. The maximum Gasteiger partial charge on any atom is 0.410 e. The Morgan fingerprint density at radius 1 is 1.10 bits per heavy atom. The van der Waals surface area contributed by atoms with Crippen LogP contribution in [0, 0.1) is 5.92 Å². The van der Waals surface area contributed by atoms with E-state index in [9.17, 15) is 9.59 Å². The lowest BCUT2D eigenvalue weighted by molar-refractivity contribution is -0.142. The summed E-state index contributed by atoms with van der Waals surface area (Å²) >= 11 is 0. The van der Waals surface area contributed by atoms with Gasteiger partial charge in [0.15, 0.2) is 8.32 Å². The third-order valence-electron chi connectivity index (χ3n) is 7.22. The van der Waals surface area contributed by atoms with Crippen LogP contribution in [0.4, 0.5) is 4.79 Å². The molecule has 1 aromatic carbocycles. The quantitative estimate of drug-likeness (QED) is 0.447. The van der Waals surface area contributed by atoms with Gasteiger partial charge < -0.3 is 13.9 Å². The lowest BCUT2D eigenvalue weighted by Crippen LogP contribution is -2.51. The van der Waals surface area contributed by atoms with Gasteiger partial charge in [-0.2, -0.15) is 0 Å². The first-order chi connectivity index (χ1) is 14.5. The number of nitrogens with zero attached hydrogens (tertiary/aromatic N) is 1. The number of ether oxygens (including phenoxy) is 2. The van der Waals surface area contributed by atoms with E-state index in [2.05, 4.69) is 33.9 Å². The van der Waals surface area contributed by atoms with Gasteiger partial charge in [-0.15, -0.1) is 0 Å². The van der Waals surface area contributed by atoms with Crippen LogP contribution in [-0.4, -0.2) is 50.6 Å². The van der Waals surface area contributed by atoms with Crippen molar-refractivity contribution in [1.29, 1.82) is 0 Å². The third-order valence-corrected chi connectivity index (χ3v) is 11.7. The maximum atomic E-state index is 13.1. The van der Waals surface area contributed by atoms with Crippen LogP contribution in [0.2, 0.25) is 18.1 Å². The molecule has 4 unspecified atom stereocenters. The highest BCUT2D eigenvalue weighted by Gasteiger charge is 2.53. The van der Waals surface area contributed by atoms with Gasteiger partial charge in [0.05, 0.1) is 19.3 Å². The molecule has 4 atom stereocenters. The van der Waals surface area contributed by atoms with E-state index in [1.54, 1.807) is 0 Å². The molecule has 2 heterocycles. The van der Waals surface area contributed by atoms with Crippen LogP contribution >= 0.6 is 0 Å². The molecule has 0 aromatic heterocycles. The number of esters is 1. The van der Waals surface area contributed by atoms with Gasteiger partial charge in [-0.05, 0) is 48.9 Å². The lowest BCUT2D eigenvalue weighted by Gasteiger charge is -2.42. The Morgan fingerprint density at radius 2 is 1.77 bits per heavy atom. The number of carbonyl (C=O) groups is 2. The van der Waals surface area contributed by atoms with Crippen molar-refractivity contribution in [3.05, 3.63) is 35.9 Å². The van der Waals surface area contributed by atoms with Crippen LogP contribution < -0.4 is 0 Å². The first-order valence-corrected chi connectivity index (χ1v) is 14.2. The zero-order chi connectivity index (χ0) is 22.8. The Bertz CT molecular complexity index is 776. The highest BCUT2D eigenvalue weighted by Crippen LogP contribution is 2.45. The van der Waals surface area contributed by atoms with Gasteiger partial charge in [-0.25, -0.2) is 4.79 Å². The van der Waals surface area contributed by atoms with Crippen molar-refractivity contribution in [3.63, 3.8) is 0 Å². The Balaban J connectivity index is 1.74. The summed E-state index contributed by atoms with van der Waals surface area (Å²) in [5, 5.41) is 0.0910. The van der Waals surface area contributed by atoms with E-state index >= 15 is 0 Å². The fourth-order valence-electron chi connectivity index (χ4n) is 4.53. The SMILES string of the molecule is COC(=O)CC1CC2CC(O[Si](C)(C)C(C)(C)C)C(C1)N2C(=O)OCc1ccccc1. The Morgan fingerprint density at radius 3 is 2.39 bits per heavy atom. The zero-order valence-corrected chi connectivity index (χ0v) is 20.7. The monoisotopic (exact) mass is 447 g/mol. The van der Waals surface area contributed by atoms with Crippen molar-refractivity contribution in [3.8, 4) is 0 Å². The summed E-state index contributed by atoms with van der Waals surface area (Å²) in [5.41, 5.74) is 0.970. The van der Waals surface area contributed by atoms with E-state index < -0.39 is 8.32 Å². The van der Waals surface area contributed by atoms with Crippen molar-refractivity contribution >= 4 is 20.4 Å². The van der Waals surface area contributed by atoms with Gasteiger partial charge in [-0.1, -0.05) is 51.1 Å². The second-order valence-corrected chi connectivity index (χ2v) is 15.2. The van der Waals surface area contributed by atoms with E-state index in [0.717, 1.165) is 24.8 Å². The minimum absolute atomic E-state index is 0.0159. The number of amides is 1. The van der Waals surface area contributed by atoms with Gasteiger partial charge >= 0.3 is 12.1 Å². The number of carbonyl (C=O) groups excluding carboxylic acids is 2. The fourth-order valence-corrected chi connectivity index (χ4v) is 5.90. The summed E-state index contributed by atoms with van der Waals surface area (Å²) in [6, 6.07) is 9.70. The molecule has 172 valence electrons. The molecule has 0 saturated carbocycles. The molecule has 2 fully saturated rings. The minimum Gasteiger partial charge on any atom is -0.469 e. The molecule has 2 aliphatic rings. The summed E-state index contributed by atoms with van der Waals surface area (Å²) in [7, 11) is -0.570. The molecule has 6 nitrogen and oxygen atoms in total. The molecule has 2 bridgehead atoms. The zero-order valence-electron chi connectivity index (χ0n) is 19.7. The number of fused-ring (bicyclic) bond motifs is 2. The molecule has 1 amide bonds. The molecule has 1 aromatic rings. The van der Waals surface area contributed by atoms with Crippen LogP contribution in [0.1, 0.15) is 52.0 Å². The summed E-state index contributed by atoms with van der Waals surface area (Å²) in [6.45, 7) is 11.4. The fraction of sp³-hybridized carbons (Fsp3) is 0.667. The topological polar surface area (TPSA) is 65.1 Å². The van der Waals surface area contributed by atoms with E-state index in [1.807, 2.05) is 35.2 Å². The minimum atomic E-state index is -2.00. The van der Waals surface area contributed by atoms with Crippen LogP contribution in [0.15, 0.2) is 30.3 Å². The van der Waals surface area contributed by atoms with Crippen molar-refractivity contribution in [1.82, 2.24) is 4.90 Å². The van der Waals surface area contributed by atoms with Gasteiger partial charge in [-0.3, -0.25) is 9.69 Å². The van der Waals surface area contributed by atoms with E-state index in [4.69, 9.17) is 13.9 Å². The van der Waals surface area contributed by atoms with E-state index in [1.165, 1.54) is 7.11 Å². The second kappa shape index (κ2) is 9.33. The van der Waals surface area contributed by atoms with Crippen LogP contribution in [-0.2, 0) is 25.3 Å². The number of methoxy groups -OCH3 is 1. The third kappa shape index (κ3) is 5.50. The summed E-state index contributed by atoms with van der Waals surface area (Å²) < 4.78 is 17.3. The molecular formula is C24H37NO5Si. The predicted molar refractivity (Wildman–Crippen MR) is 122 cm³/mol. The summed E-state index contributed by atoms with van der Waals surface area (Å²) in [6.07, 6.45) is 2.42. The smallest absolute Gasteiger partial charge is 0.410 e. The van der Waals surface area contributed by atoms with E-state index in [-0.39, 0.29) is 47.8 Å². The van der Waals surface area contributed by atoms with Gasteiger partial charge in [0.1, 0.15) is 6.61 Å². The highest BCUT2D eigenvalue weighted by atomic mass is 28.4. The Labute approximate surface area is 187 Å². The Hall–Kier alpha value is -1.86. The molecule has 0 spiro atoms. The molecule has 31 heavy (non-hydrogen) atoms.